The summed E-state index contributed by atoms with van der Waals surface area (Å²) >= 11 is 0. The van der Waals surface area contributed by atoms with Crippen molar-refractivity contribution in [2.75, 3.05) is 53.1 Å². The molecule has 0 radical (unpaired) electrons. The lowest BCUT2D eigenvalue weighted by molar-refractivity contribution is -0.120. The minimum absolute atomic E-state index is 0.0611. The number of benzene rings is 2. The van der Waals surface area contributed by atoms with Crippen LogP contribution in [0.4, 0.5) is 0 Å². The summed E-state index contributed by atoms with van der Waals surface area (Å²) in [5, 5.41) is 5.55. The number of rotatable bonds is 8. The zero-order valence-electron chi connectivity index (χ0n) is 18.4. The molecule has 1 fully saturated rings. The van der Waals surface area contributed by atoms with E-state index >= 15 is 0 Å². The Kier molecular flexibility index (Phi) is 7.24. The lowest BCUT2D eigenvalue weighted by Gasteiger charge is -2.40. The van der Waals surface area contributed by atoms with Crippen LogP contribution in [-0.2, 0) is 4.79 Å². The molecule has 2 aromatic carbocycles. The van der Waals surface area contributed by atoms with Crippen LogP contribution in [0.3, 0.4) is 0 Å². The van der Waals surface area contributed by atoms with Gasteiger partial charge in [0.15, 0.2) is 11.5 Å². The smallest absolute Gasteiger partial charge is 0.251 e. The third-order valence-corrected chi connectivity index (χ3v) is 5.87. The summed E-state index contributed by atoms with van der Waals surface area (Å²) in [6.45, 7) is 4.64. The van der Waals surface area contributed by atoms with Gasteiger partial charge in [-0.25, -0.2) is 0 Å². The van der Waals surface area contributed by atoms with Crippen LogP contribution in [0, 0.1) is 0 Å². The number of nitrogens with zero attached hydrogens (tertiary/aromatic N) is 2. The quantitative estimate of drug-likeness (QED) is 0.610. The molecular weight excluding hydrogens is 408 g/mol. The van der Waals surface area contributed by atoms with Crippen LogP contribution in [-0.4, -0.2) is 74.7 Å². The Balaban J connectivity index is 1.18. The van der Waals surface area contributed by atoms with Crippen molar-refractivity contribution in [3.05, 3.63) is 59.7 Å². The average Bonchev–Trinajstić information content (AvgIpc) is 3.29. The number of nitrogens with one attached hydrogen (secondary N) is 2. The molecule has 4 rings (SSSR count). The van der Waals surface area contributed by atoms with Crippen molar-refractivity contribution in [3.63, 3.8) is 0 Å². The van der Waals surface area contributed by atoms with E-state index in [0.29, 0.717) is 29.6 Å². The summed E-state index contributed by atoms with van der Waals surface area (Å²) in [7, 11) is 2.16. The van der Waals surface area contributed by atoms with Gasteiger partial charge in [-0.05, 0) is 37.2 Å². The highest BCUT2D eigenvalue weighted by Gasteiger charge is 2.26. The van der Waals surface area contributed by atoms with E-state index in [9.17, 15) is 9.59 Å². The molecule has 0 unspecified atom stereocenters. The normalized spacial score (nSPS) is 18.3. The molecule has 0 aliphatic carbocycles. The fraction of sp³-hybridized carbons (Fsp3) is 0.417. The van der Waals surface area contributed by atoms with Gasteiger partial charge in [-0.2, -0.15) is 0 Å². The van der Waals surface area contributed by atoms with Crippen LogP contribution in [0.2, 0.25) is 0 Å². The number of ether oxygens (including phenoxy) is 2. The van der Waals surface area contributed by atoms with E-state index in [2.05, 4.69) is 51.7 Å². The molecule has 0 spiro atoms. The van der Waals surface area contributed by atoms with Crippen LogP contribution in [0.15, 0.2) is 48.5 Å². The van der Waals surface area contributed by atoms with Crippen molar-refractivity contribution in [3.8, 4) is 11.5 Å². The number of amides is 2. The van der Waals surface area contributed by atoms with Gasteiger partial charge in [-0.15, -0.1) is 0 Å². The van der Waals surface area contributed by atoms with Gasteiger partial charge in [-0.3, -0.25) is 14.5 Å². The highest BCUT2D eigenvalue weighted by atomic mass is 16.7. The van der Waals surface area contributed by atoms with E-state index < -0.39 is 0 Å². The molecule has 170 valence electrons. The van der Waals surface area contributed by atoms with E-state index in [4.69, 9.17) is 9.47 Å². The molecule has 2 amide bonds. The summed E-state index contributed by atoms with van der Waals surface area (Å²) < 4.78 is 10.5. The van der Waals surface area contributed by atoms with Gasteiger partial charge in [0, 0.05) is 44.3 Å². The molecule has 0 saturated carbocycles. The molecule has 32 heavy (non-hydrogen) atoms. The number of piperazine rings is 1. The standard InChI is InChI=1S/C24H30N4O4/c1-27-12-13-28(20(16-27)18-6-3-2-4-7-18)11-5-10-25-23(29)15-26-24(30)19-8-9-21-22(14-19)32-17-31-21/h2-4,6-9,14,20H,5,10-13,15-17H2,1H3,(H,25,29)(H,26,30)/t20-/m1/s1. The van der Waals surface area contributed by atoms with Crippen LogP contribution >= 0.6 is 0 Å². The Labute approximate surface area is 188 Å². The zero-order valence-corrected chi connectivity index (χ0v) is 18.4. The Hall–Kier alpha value is -3.10. The average molecular weight is 439 g/mol. The van der Waals surface area contributed by atoms with Crippen molar-refractivity contribution >= 4 is 11.8 Å². The third kappa shape index (κ3) is 5.57. The van der Waals surface area contributed by atoms with Gasteiger partial charge in [0.2, 0.25) is 12.7 Å². The van der Waals surface area contributed by atoms with Crippen molar-refractivity contribution in [2.24, 2.45) is 0 Å². The molecular formula is C24H30N4O4. The largest absolute Gasteiger partial charge is 0.454 e. The van der Waals surface area contributed by atoms with Gasteiger partial charge < -0.3 is 25.0 Å². The number of hydrogen-bond donors (Lipinski definition) is 2. The van der Waals surface area contributed by atoms with Gasteiger partial charge in [0.25, 0.3) is 5.91 Å². The van der Waals surface area contributed by atoms with Gasteiger partial charge in [0.1, 0.15) is 0 Å². The maximum atomic E-state index is 12.3. The van der Waals surface area contributed by atoms with Crippen LogP contribution in [0.1, 0.15) is 28.4 Å². The monoisotopic (exact) mass is 438 g/mol. The molecule has 8 nitrogen and oxygen atoms in total. The van der Waals surface area contributed by atoms with Gasteiger partial charge >= 0.3 is 0 Å². The van der Waals surface area contributed by atoms with Crippen molar-refractivity contribution in [2.45, 2.75) is 12.5 Å². The molecule has 1 saturated heterocycles. The fourth-order valence-corrected chi connectivity index (χ4v) is 4.09. The molecule has 2 N–H and O–H groups in total. The summed E-state index contributed by atoms with van der Waals surface area (Å²) in [6, 6.07) is 15.9. The fourth-order valence-electron chi connectivity index (χ4n) is 4.09. The number of fused-ring (bicyclic) bond motifs is 1. The van der Waals surface area contributed by atoms with Crippen LogP contribution < -0.4 is 20.1 Å². The van der Waals surface area contributed by atoms with Gasteiger partial charge in [-0.1, -0.05) is 30.3 Å². The molecule has 2 aliphatic heterocycles. The minimum Gasteiger partial charge on any atom is -0.454 e. The van der Waals surface area contributed by atoms with Crippen LogP contribution in [0.5, 0.6) is 11.5 Å². The van der Waals surface area contributed by atoms with Gasteiger partial charge in [0.05, 0.1) is 6.54 Å². The predicted molar refractivity (Wildman–Crippen MR) is 121 cm³/mol. The molecule has 1 atom stereocenters. The topological polar surface area (TPSA) is 83.1 Å². The van der Waals surface area contributed by atoms with E-state index in [-0.39, 0.29) is 25.2 Å². The summed E-state index contributed by atoms with van der Waals surface area (Å²) in [5.74, 6) is 0.646. The second-order valence-corrected chi connectivity index (χ2v) is 8.18. The molecule has 2 aliphatic rings. The van der Waals surface area contributed by atoms with Crippen molar-refractivity contribution in [1.29, 1.82) is 0 Å². The number of likely N-dealkylation sites (N-methyl/N-ethyl adjacent to an activating group) is 1. The van der Waals surface area contributed by atoms with E-state index in [1.165, 1.54) is 5.56 Å². The number of hydrogen-bond acceptors (Lipinski definition) is 6. The first kappa shape index (κ1) is 22.1. The second kappa shape index (κ2) is 10.5. The Morgan fingerprint density at radius 3 is 2.69 bits per heavy atom. The van der Waals surface area contributed by atoms with Crippen molar-refractivity contribution < 1.29 is 19.1 Å². The minimum atomic E-state index is -0.318. The SMILES string of the molecule is CN1CCN(CCCNC(=O)CNC(=O)c2ccc3c(c2)OCO3)[C@@H](c2ccccc2)C1. The summed E-state index contributed by atoms with van der Waals surface area (Å²) in [4.78, 5) is 29.3. The zero-order chi connectivity index (χ0) is 22.3. The Morgan fingerprint density at radius 2 is 1.84 bits per heavy atom. The Bertz CT molecular complexity index is 937. The molecule has 2 aromatic rings. The second-order valence-electron chi connectivity index (χ2n) is 8.18. The first-order valence-corrected chi connectivity index (χ1v) is 11.0. The molecule has 0 aromatic heterocycles. The predicted octanol–water partition coefficient (Wildman–Crippen LogP) is 1.64. The first-order chi connectivity index (χ1) is 15.6. The molecule has 0 bridgehead atoms. The lowest BCUT2D eigenvalue weighted by Crippen LogP contribution is -2.47. The maximum absolute atomic E-state index is 12.3. The van der Waals surface area contributed by atoms with E-state index in [1.807, 2.05) is 6.07 Å². The molecule has 2 heterocycles. The van der Waals surface area contributed by atoms with Crippen molar-refractivity contribution in [1.82, 2.24) is 20.4 Å². The Morgan fingerprint density at radius 1 is 1.03 bits per heavy atom. The van der Waals surface area contributed by atoms with Crippen LogP contribution in [0.25, 0.3) is 0 Å². The third-order valence-electron chi connectivity index (χ3n) is 5.87. The van der Waals surface area contributed by atoms with E-state index in [1.54, 1.807) is 18.2 Å². The molecule has 8 heteroatoms. The summed E-state index contributed by atoms with van der Waals surface area (Å²) in [5.41, 5.74) is 1.76. The maximum Gasteiger partial charge on any atom is 0.251 e. The number of carbonyl (C=O) groups excluding carboxylic acids is 2. The lowest BCUT2D eigenvalue weighted by atomic mass is 10.0. The first-order valence-electron chi connectivity index (χ1n) is 11.0. The van der Waals surface area contributed by atoms with E-state index in [0.717, 1.165) is 32.6 Å². The summed E-state index contributed by atoms with van der Waals surface area (Å²) in [6.07, 6.45) is 0.856. The highest BCUT2D eigenvalue weighted by molar-refractivity contribution is 5.97. The highest BCUT2D eigenvalue weighted by Crippen LogP contribution is 2.32. The number of carbonyl (C=O) groups is 2.